The molecular formula is C9H8BrN3OS. The minimum Gasteiger partial charge on any atom is -0.304 e. The summed E-state index contributed by atoms with van der Waals surface area (Å²) in [5.41, 5.74) is 1.20. The highest BCUT2D eigenvalue weighted by Gasteiger charge is 2.08. The summed E-state index contributed by atoms with van der Waals surface area (Å²) in [6.45, 7) is 3.69. The second-order valence-corrected chi connectivity index (χ2v) is 4.92. The fourth-order valence-electron chi connectivity index (χ4n) is 1.16. The van der Waals surface area contributed by atoms with Crippen LogP contribution in [0.1, 0.15) is 10.7 Å². The number of halogens is 1. The molecule has 0 aliphatic rings. The molecule has 0 amide bonds. The zero-order valence-corrected chi connectivity index (χ0v) is 10.6. The Labute approximate surface area is 98.5 Å². The van der Waals surface area contributed by atoms with Crippen LogP contribution in [-0.4, -0.2) is 15.0 Å². The van der Waals surface area contributed by atoms with E-state index >= 15 is 0 Å². The van der Waals surface area contributed by atoms with Gasteiger partial charge in [-0.15, -0.1) is 11.3 Å². The highest BCUT2D eigenvalue weighted by atomic mass is 79.9. The van der Waals surface area contributed by atoms with Gasteiger partial charge in [0.25, 0.3) is 5.56 Å². The fraction of sp³-hybridized carbons (Fsp3) is 0.222. The summed E-state index contributed by atoms with van der Waals surface area (Å²) in [6.07, 6.45) is 0. The number of H-pyrrole nitrogens is 1. The van der Waals surface area contributed by atoms with Crippen LogP contribution in [-0.2, 0) is 0 Å². The summed E-state index contributed by atoms with van der Waals surface area (Å²) in [5, 5.41) is 2.83. The van der Waals surface area contributed by atoms with Crippen LogP contribution >= 0.6 is 27.3 Å². The molecule has 0 unspecified atom stereocenters. The minimum atomic E-state index is -0.178. The number of aromatic nitrogens is 3. The molecule has 0 saturated carbocycles. The van der Waals surface area contributed by atoms with E-state index in [2.05, 4.69) is 30.9 Å². The number of rotatable bonds is 1. The third-order valence-electron chi connectivity index (χ3n) is 1.89. The van der Waals surface area contributed by atoms with Crippen molar-refractivity contribution in [3.05, 3.63) is 30.9 Å². The van der Waals surface area contributed by atoms with Gasteiger partial charge in [0.1, 0.15) is 10.2 Å². The topological polar surface area (TPSA) is 58.6 Å². The average Bonchev–Trinajstić information content (AvgIpc) is 2.60. The van der Waals surface area contributed by atoms with Crippen molar-refractivity contribution in [2.45, 2.75) is 13.8 Å². The number of thiazole rings is 1. The molecule has 1 N–H and O–H groups in total. The summed E-state index contributed by atoms with van der Waals surface area (Å²) in [4.78, 5) is 22.7. The van der Waals surface area contributed by atoms with Crippen LogP contribution in [0.3, 0.4) is 0 Å². The number of nitrogens with one attached hydrogen (secondary N) is 1. The summed E-state index contributed by atoms with van der Waals surface area (Å²) < 4.78 is 0.471. The van der Waals surface area contributed by atoms with Crippen LogP contribution in [0.15, 0.2) is 14.6 Å². The maximum atomic E-state index is 11.5. The van der Waals surface area contributed by atoms with Crippen LogP contribution in [0.4, 0.5) is 0 Å². The normalized spacial score (nSPS) is 10.6. The molecule has 0 saturated heterocycles. The van der Waals surface area contributed by atoms with Crippen molar-refractivity contribution in [3.63, 3.8) is 0 Å². The fourth-order valence-corrected chi connectivity index (χ4v) is 1.95. The molecule has 0 fully saturated rings. The van der Waals surface area contributed by atoms with E-state index in [-0.39, 0.29) is 5.56 Å². The lowest BCUT2D eigenvalue weighted by Gasteiger charge is -1.99. The van der Waals surface area contributed by atoms with Crippen LogP contribution < -0.4 is 5.56 Å². The molecular weight excluding hydrogens is 278 g/mol. The highest BCUT2D eigenvalue weighted by molar-refractivity contribution is 9.10. The first-order chi connectivity index (χ1) is 7.08. The van der Waals surface area contributed by atoms with Crippen LogP contribution in [0.5, 0.6) is 0 Å². The zero-order valence-electron chi connectivity index (χ0n) is 8.17. The number of hydrogen-bond donors (Lipinski definition) is 1. The van der Waals surface area contributed by atoms with Crippen molar-refractivity contribution in [3.8, 4) is 11.5 Å². The summed E-state index contributed by atoms with van der Waals surface area (Å²) >= 11 is 4.70. The van der Waals surface area contributed by atoms with Gasteiger partial charge in [-0.25, -0.2) is 9.97 Å². The van der Waals surface area contributed by atoms with Gasteiger partial charge in [-0.05, 0) is 29.8 Å². The van der Waals surface area contributed by atoms with Crippen LogP contribution in [0.2, 0.25) is 0 Å². The van der Waals surface area contributed by atoms with Gasteiger partial charge in [-0.2, -0.15) is 0 Å². The van der Waals surface area contributed by atoms with E-state index in [1.165, 1.54) is 11.3 Å². The van der Waals surface area contributed by atoms with Gasteiger partial charge in [-0.1, -0.05) is 0 Å². The van der Waals surface area contributed by atoms with E-state index in [4.69, 9.17) is 0 Å². The third-order valence-corrected chi connectivity index (χ3v) is 3.60. The van der Waals surface area contributed by atoms with Crippen molar-refractivity contribution in [1.29, 1.82) is 0 Å². The Morgan fingerprint density at radius 1 is 1.40 bits per heavy atom. The monoisotopic (exact) mass is 285 g/mol. The third kappa shape index (κ3) is 2.00. The molecule has 0 atom stereocenters. The van der Waals surface area contributed by atoms with E-state index in [1.54, 1.807) is 6.92 Å². The second kappa shape index (κ2) is 3.86. The summed E-state index contributed by atoms with van der Waals surface area (Å²) in [7, 11) is 0. The van der Waals surface area contributed by atoms with Gasteiger partial charge in [0, 0.05) is 5.38 Å². The van der Waals surface area contributed by atoms with Crippen LogP contribution in [0.25, 0.3) is 11.5 Å². The zero-order chi connectivity index (χ0) is 11.0. The van der Waals surface area contributed by atoms with Gasteiger partial charge in [0.15, 0.2) is 5.82 Å². The smallest absolute Gasteiger partial charge is 0.265 e. The number of nitrogens with zero attached hydrogens (tertiary/aromatic N) is 2. The molecule has 6 heteroatoms. The standard InChI is InChI=1S/C9H8BrN3OS/c1-4-7(10)9(14)13-8(11-4)6-3-15-5(2)12-6/h3H,1-2H3,(H,11,13,14). The summed E-state index contributed by atoms with van der Waals surface area (Å²) in [5.74, 6) is 0.519. The number of aromatic amines is 1. The first kappa shape index (κ1) is 10.5. The molecule has 0 spiro atoms. The van der Waals surface area contributed by atoms with Gasteiger partial charge >= 0.3 is 0 Å². The molecule has 0 aliphatic carbocycles. The van der Waals surface area contributed by atoms with Gasteiger partial charge < -0.3 is 4.98 Å². The highest BCUT2D eigenvalue weighted by Crippen LogP contribution is 2.18. The van der Waals surface area contributed by atoms with E-state index in [0.29, 0.717) is 21.7 Å². The van der Waals surface area contributed by atoms with Crippen molar-refractivity contribution in [1.82, 2.24) is 15.0 Å². The first-order valence-electron chi connectivity index (χ1n) is 4.27. The molecule has 0 bridgehead atoms. The maximum Gasteiger partial charge on any atom is 0.265 e. The Morgan fingerprint density at radius 3 is 2.67 bits per heavy atom. The lowest BCUT2D eigenvalue weighted by molar-refractivity contribution is 1.04. The van der Waals surface area contributed by atoms with Gasteiger partial charge in [-0.3, -0.25) is 4.79 Å². The maximum absolute atomic E-state index is 11.5. The summed E-state index contributed by atoms with van der Waals surface area (Å²) in [6, 6.07) is 0. The Balaban J connectivity index is 2.60. The van der Waals surface area contributed by atoms with E-state index in [0.717, 1.165) is 5.01 Å². The molecule has 0 radical (unpaired) electrons. The molecule has 2 aromatic rings. The molecule has 15 heavy (non-hydrogen) atoms. The largest absolute Gasteiger partial charge is 0.304 e. The second-order valence-electron chi connectivity index (χ2n) is 3.07. The van der Waals surface area contributed by atoms with Crippen molar-refractivity contribution >= 4 is 27.3 Å². The van der Waals surface area contributed by atoms with Gasteiger partial charge in [0.05, 0.1) is 10.7 Å². The van der Waals surface area contributed by atoms with Crippen molar-refractivity contribution in [2.24, 2.45) is 0 Å². The Kier molecular flexibility index (Phi) is 2.70. The predicted molar refractivity (Wildman–Crippen MR) is 63.1 cm³/mol. The van der Waals surface area contributed by atoms with Crippen LogP contribution in [0, 0.1) is 13.8 Å². The molecule has 0 aliphatic heterocycles. The Bertz CT molecular complexity index is 561. The van der Waals surface area contributed by atoms with Crippen molar-refractivity contribution in [2.75, 3.05) is 0 Å². The number of hydrogen-bond acceptors (Lipinski definition) is 4. The molecule has 2 aromatic heterocycles. The molecule has 0 aromatic carbocycles. The van der Waals surface area contributed by atoms with E-state index in [9.17, 15) is 4.79 Å². The molecule has 4 nitrogen and oxygen atoms in total. The predicted octanol–water partition coefficient (Wildman–Crippen LogP) is 2.27. The number of aryl methyl sites for hydroxylation is 2. The average molecular weight is 286 g/mol. The Hall–Kier alpha value is -1.01. The SMILES string of the molecule is Cc1nc(-c2nc(C)c(Br)c(=O)[nH]2)cs1. The quantitative estimate of drug-likeness (QED) is 0.875. The van der Waals surface area contributed by atoms with E-state index < -0.39 is 0 Å². The van der Waals surface area contributed by atoms with E-state index in [1.807, 2.05) is 12.3 Å². The molecule has 2 rings (SSSR count). The molecule has 78 valence electrons. The molecule has 2 heterocycles. The minimum absolute atomic E-state index is 0.178. The van der Waals surface area contributed by atoms with Gasteiger partial charge in [0.2, 0.25) is 0 Å². The van der Waals surface area contributed by atoms with Crippen molar-refractivity contribution < 1.29 is 0 Å². The first-order valence-corrected chi connectivity index (χ1v) is 5.94. The lowest BCUT2D eigenvalue weighted by atomic mass is 10.4. The lowest BCUT2D eigenvalue weighted by Crippen LogP contribution is -2.11. The Morgan fingerprint density at radius 2 is 2.13 bits per heavy atom.